The molecule has 2 aliphatic carbocycles. The molecule has 1 saturated carbocycles. The van der Waals surface area contributed by atoms with Crippen LogP contribution in [0.1, 0.15) is 71.1 Å². The maximum atomic E-state index is 11.1. The Labute approximate surface area is 131 Å². The number of halogens is 1. The van der Waals surface area contributed by atoms with Gasteiger partial charge in [0.25, 0.3) is 0 Å². The van der Waals surface area contributed by atoms with Crippen molar-refractivity contribution < 1.29 is 10.2 Å². The van der Waals surface area contributed by atoms with Crippen LogP contribution in [0.2, 0.25) is 0 Å². The highest BCUT2D eigenvalue weighted by atomic mass is 79.9. The van der Waals surface area contributed by atoms with Gasteiger partial charge in [-0.2, -0.15) is 0 Å². The van der Waals surface area contributed by atoms with E-state index in [4.69, 9.17) is 0 Å². The summed E-state index contributed by atoms with van der Waals surface area (Å²) in [6.45, 7) is 2.22. The van der Waals surface area contributed by atoms with Crippen LogP contribution in [0.25, 0.3) is 0 Å². The first-order valence-corrected chi connectivity index (χ1v) is 9.46. The van der Waals surface area contributed by atoms with Gasteiger partial charge < -0.3 is 10.2 Å². The van der Waals surface area contributed by atoms with E-state index < -0.39 is 11.7 Å². The zero-order valence-corrected chi connectivity index (χ0v) is 14.3. The van der Waals surface area contributed by atoms with Gasteiger partial charge in [-0.1, -0.05) is 47.7 Å². The highest BCUT2D eigenvalue weighted by Gasteiger charge is 2.52. The van der Waals surface area contributed by atoms with Crippen LogP contribution in [-0.2, 0) is 0 Å². The number of unbranched alkanes of at least 4 members (excludes halogenated alkanes) is 3. The number of hydrogen-bond acceptors (Lipinski definition) is 2. The van der Waals surface area contributed by atoms with Gasteiger partial charge >= 0.3 is 0 Å². The molecule has 0 aliphatic heterocycles. The first-order chi connectivity index (χ1) is 9.65. The Kier molecular flexibility index (Phi) is 6.12. The summed E-state index contributed by atoms with van der Waals surface area (Å²) in [4.78, 5) is 0. The second-order valence-electron chi connectivity index (χ2n) is 6.47. The highest BCUT2D eigenvalue weighted by Crippen LogP contribution is 2.51. The second kappa shape index (κ2) is 7.42. The summed E-state index contributed by atoms with van der Waals surface area (Å²) >= 11 is 3.45. The fourth-order valence-electron chi connectivity index (χ4n) is 4.13. The summed E-state index contributed by atoms with van der Waals surface area (Å²) in [5, 5.41) is 22.6. The molecule has 2 nitrogen and oxygen atoms in total. The molecule has 2 N–H and O–H groups in total. The third kappa shape index (κ3) is 3.15. The van der Waals surface area contributed by atoms with Crippen LogP contribution in [-0.4, -0.2) is 27.2 Å². The van der Waals surface area contributed by atoms with Crippen LogP contribution in [0.15, 0.2) is 11.1 Å². The van der Waals surface area contributed by atoms with E-state index >= 15 is 0 Å². The highest BCUT2D eigenvalue weighted by molar-refractivity contribution is 9.09. The molecule has 0 aromatic heterocycles. The molecule has 0 bridgehead atoms. The lowest BCUT2D eigenvalue weighted by Crippen LogP contribution is -2.43. The normalized spacial score (nSPS) is 33.0. The van der Waals surface area contributed by atoms with Crippen LogP contribution in [0, 0.1) is 5.92 Å². The summed E-state index contributed by atoms with van der Waals surface area (Å²) in [5.74, 6) is 0.247. The first kappa shape index (κ1) is 16.5. The van der Waals surface area contributed by atoms with Crippen molar-refractivity contribution in [1.29, 1.82) is 0 Å². The minimum atomic E-state index is -0.930. The Hall–Kier alpha value is 0.140. The lowest BCUT2D eigenvalue weighted by atomic mass is 9.83. The number of aliphatic hydroxyl groups is 2. The van der Waals surface area contributed by atoms with Crippen molar-refractivity contribution in [2.45, 2.75) is 82.8 Å². The summed E-state index contributed by atoms with van der Waals surface area (Å²) in [7, 11) is 0. The van der Waals surface area contributed by atoms with E-state index in [-0.39, 0.29) is 5.92 Å². The minimum absolute atomic E-state index is 0.247. The predicted molar refractivity (Wildman–Crippen MR) is 87.1 cm³/mol. The van der Waals surface area contributed by atoms with Gasteiger partial charge in [-0.25, -0.2) is 0 Å². The fraction of sp³-hybridized carbons (Fsp3) is 0.882. The van der Waals surface area contributed by atoms with Crippen molar-refractivity contribution in [1.82, 2.24) is 0 Å². The van der Waals surface area contributed by atoms with E-state index in [9.17, 15) is 10.2 Å². The lowest BCUT2D eigenvalue weighted by molar-refractivity contribution is -0.0610. The van der Waals surface area contributed by atoms with Gasteiger partial charge in [0, 0.05) is 11.2 Å². The summed E-state index contributed by atoms with van der Waals surface area (Å²) < 4.78 is 0. The van der Waals surface area contributed by atoms with E-state index in [2.05, 4.69) is 22.9 Å². The summed E-state index contributed by atoms with van der Waals surface area (Å²) in [5.41, 5.74) is 1.69. The molecule has 0 spiro atoms. The maximum absolute atomic E-state index is 11.1. The topological polar surface area (TPSA) is 40.5 Å². The van der Waals surface area contributed by atoms with Gasteiger partial charge in [-0.05, 0) is 50.5 Å². The van der Waals surface area contributed by atoms with Crippen molar-refractivity contribution in [2.24, 2.45) is 5.92 Å². The molecule has 1 fully saturated rings. The largest absolute Gasteiger partial charge is 0.389 e. The molecular formula is C17H29BrO2. The third-order valence-corrected chi connectivity index (χ3v) is 5.72. The van der Waals surface area contributed by atoms with E-state index in [1.807, 2.05) is 0 Å². The molecule has 3 atom stereocenters. The molecule has 116 valence electrons. The number of hydrogen-bond donors (Lipinski definition) is 2. The quantitative estimate of drug-likeness (QED) is 0.390. The molecule has 2 aliphatic rings. The van der Waals surface area contributed by atoms with Crippen molar-refractivity contribution in [3.05, 3.63) is 11.1 Å². The molecular weight excluding hydrogens is 316 g/mol. The second-order valence-corrected chi connectivity index (χ2v) is 7.27. The van der Waals surface area contributed by atoms with Crippen LogP contribution < -0.4 is 0 Å². The molecule has 0 heterocycles. The zero-order valence-electron chi connectivity index (χ0n) is 12.7. The van der Waals surface area contributed by atoms with Crippen molar-refractivity contribution in [3.63, 3.8) is 0 Å². The van der Waals surface area contributed by atoms with Gasteiger partial charge in [0.2, 0.25) is 0 Å². The van der Waals surface area contributed by atoms with Crippen molar-refractivity contribution in [3.8, 4) is 0 Å². The first-order valence-electron chi connectivity index (χ1n) is 8.34. The van der Waals surface area contributed by atoms with Crippen LogP contribution in [0.3, 0.4) is 0 Å². The lowest BCUT2D eigenvalue weighted by Gasteiger charge is -2.32. The Morgan fingerprint density at radius 1 is 1.25 bits per heavy atom. The Morgan fingerprint density at radius 3 is 2.75 bits per heavy atom. The molecule has 3 heteroatoms. The molecule has 0 amide bonds. The molecule has 0 aromatic carbocycles. The van der Waals surface area contributed by atoms with E-state index in [1.54, 1.807) is 0 Å². The smallest absolute Gasteiger partial charge is 0.112 e. The third-order valence-electron chi connectivity index (χ3n) is 5.16. The van der Waals surface area contributed by atoms with Gasteiger partial charge in [0.15, 0.2) is 0 Å². The van der Waals surface area contributed by atoms with Crippen molar-refractivity contribution >= 4 is 15.9 Å². The SMILES string of the molecule is CCCCCCC1=C2CCC[C@@H]2[C@H](O)[C@@]1(O)CCCBr. The molecule has 0 aromatic rings. The van der Waals surface area contributed by atoms with E-state index in [0.717, 1.165) is 37.4 Å². The average molecular weight is 345 g/mol. The average Bonchev–Trinajstić information content (AvgIpc) is 2.98. The van der Waals surface area contributed by atoms with E-state index in [1.165, 1.54) is 36.8 Å². The Bertz CT molecular complexity index is 353. The van der Waals surface area contributed by atoms with Crippen LogP contribution >= 0.6 is 15.9 Å². The summed E-state index contributed by atoms with van der Waals surface area (Å²) in [6, 6.07) is 0. The molecule has 0 radical (unpaired) electrons. The van der Waals surface area contributed by atoms with Gasteiger partial charge in [-0.3, -0.25) is 0 Å². The number of aliphatic hydroxyl groups excluding tert-OH is 1. The van der Waals surface area contributed by atoms with Gasteiger partial charge in [-0.15, -0.1) is 0 Å². The Balaban J connectivity index is 2.10. The minimum Gasteiger partial charge on any atom is -0.389 e. The number of alkyl halides is 1. The molecule has 2 rings (SSSR count). The monoisotopic (exact) mass is 344 g/mol. The maximum Gasteiger partial charge on any atom is 0.112 e. The standard InChI is InChI=1S/C17H29BrO2/c1-2-3-4-5-10-15-13-8-6-9-14(13)16(19)17(15,20)11-7-12-18/h14,16,19-20H,2-12H2,1H3/t14-,16-,17+/m0/s1. The van der Waals surface area contributed by atoms with Crippen LogP contribution in [0.4, 0.5) is 0 Å². The molecule has 0 unspecified atom stereocenters. The predicted octanol–water partition coefficient (Wildman–Crippen LogP) is 4.33. The number of fused-ring (bicyclic) bond motifs is 1. The zero-order chi connectivity index (χ0) is 14.6. The van der Waals surface area contributed by atoms with Gasteiger partial charge in [0.05, 0.1) is 6.10 Å². The molecule has 20 heavy (non-hydrogen) atoms. The van der Waals surface area contributed by atoms with Crippen molar-refractivity contribution in [2.75, 3.05) is 5.33 Å². The number of rotatable bonds is 8. The molecule has 0 saturated heterocycles. The fourth-order valence-corrected chi connectivity index (χ4v) is 4.41. The Morgan fingerprint density at radius 2 is 2.05 bits per heavy atom. The summed E-state index contributed by atoms with van der Waals surface area (Å²) in [6.07, 6.45) is 10.3. The van der Waals surface area contributed by atoms with Gasteiger partial charge in [0.1, 0.15) is 5.60 Å². The van der Waals surface area contributed by atoms with Crippen LogP contribution in [0.5, 0.6) is 0 Å². The van der Waals surface area contributed by atoms with E-state index in [0.29, 0.717) is 6.42 Å².